The van der Waals surface area contributed by atoms with Crippen LogP contribution in [0.25, 0.3) is 11.0 Å². The second-order valence-electron chi connectivity index (χ2n) is 5.17. The van der Waals surface area contributed by atoms with Crippen molar-refractivity contribution in [3.63, 3.8) is 0 Å². The van der Waals surface area contributed by atoms with Crippen molar-refractivity contribution in [2.45, 2.75) is 19.9 Å². The molecule has 1 atom stereocenters. The van der Waals surface area contributed by atoms with E-state index in [1.165, 1.54) is 11.6 Å². The van der Waals surface area contributed by atoms with Crippen molar-refractivity contribution >= 4 is 39.2 Å². The molecule has 108 valence electrons. The summed E-state index contributed by atoms with van der Waals surface area (Å²) in [6.07, 6.45) is 0. The zero-order valence-electron chi connectivity index (χ0n) is 11.7. The first-order chi connectivity index (χ1) is 9.97. The van der Waals surface area contributed by atoms with Crippen molar-refractivity contribution in [2.75, 3.05) is 0 Å². The van der Waals surface area contributed by atoms with E-state index in [1.54, 1.807) is 6.07 Å². The van der Waals surface area contributed by atoms with E-state index < -0.39 is 0 Å². The van der Waals surface area contributed by atoms with Gasteiger partial charge in [-0.2, -0.15) is 0 Å². The molecule has 0 aliphatic carbocycles. The van der Waals surface area contributed by atoms with Crippen LogP contribution in [0.2, 0.25) is 0 Å². The predicted octanol–water partition coefficient (Wildman–Crippen LogP) is 5.52. The van der Waals surface area contributed by atoms with Gasteiger partial charge in [-0.25, -0.2) is 4.39 Å². The zero-order chi connectivity index (χ0) is 15.1. The normalized spacial score (nSPS) is 12.8. The van der Waals surface area contributed by atoms with Gasteiger partial charge in [-0.05, 0) is 53.6 Å². The molecule has 3 rings (SSSR count). The Bertz CT molecular complexity index is 864. The Labute approximate surface area is 135 Å². The van der Waals surface area contributed by atoms with Crippen LogP contribution >= 0.6 is 28.1 Å². The first kappa shape index (κ1) is 14.5. The fourth-order valence-electron chi connectivity index (χ4n) is 2.50. The summed E-state index contributed by atoms with van der Waals surface area (Å²) < 4.78 is 16.7. The molecule has 2 aromatic carbocycles. The molecule has 0 radical (unpaired) electrons. The summed E-state index contributed by atoms with van der Waals surface area (Å²) in [4.78, 5) is 3.07. The number of imidazole rings is 1. The second-order valence-corrected chi connectivity index (χ2v) is 6.41. The predicted molar refractivity (Wildman–Crippen MR) is 89.8 cm³/mol. The molecule has 1 heterocycles. The van der Waals surface area contributed by atoms with Crippen LogP contribution in [0.5, 0.6) is 0 Å². The molecular weight excluding hydrogens is 351 g/mol. The number of H-pyrrole nitrogens is 1. The summed E-state index contributed by atoms with van der Waals surface area (Å²) in [6.45, 7) is 4.15. The van der Waals surface area contributed by atoms with Crippen LogP contribution in [0.15, 0.2) is 40.9 Å². The standard InChI is InChI=1S/C16H14BrFN2S/c1-9-3-5-11(6-4-9)10(2)20-15-7-12(17)13(18)8-14(15)19-16(20)21/h3-8,10H,1-2H3,(H,19,21). The summed E-state index contributed by atoms with van der Waals surface area (Å²) in [7, 11) is 0. The summed E-state index contributed by atoms with van der Waals surface area (Å²) in [5.41, 5.74) is 3.98. The number of benzene rings is 2. The highest BCUT2D eigenvalue weighted by Gasteiger charge is 2.15. The molecule has 0 spiro atoms. The van der Waals surface area contributed by atoms with Gasteiger partial charge in [0.05, 0.1) is 21.5 Å². The van der Waals surface area contributed by atoms with Gasteiger partial charge in [0.15, 0.2) is 4.77 Å². The minimum Gasteiger partial charge on any atom is -0.330 e. The van der Waals surface area contributed by atoms with E-state index in [2.05, 4.69) is 59.0 Å². The third kappa shape index (κ3) is 2.56. The Morgan fingerprint density at radius 1 is 1.24 bits per heavy atom. The van der Waals surface area contributed by atoms with E-state index in [4.69, 9.17) is 12.2 Å². The summed E-state index contributed by atoms with van der Waals surface area (Å²) in [5.74, 6) is -0.297. The van der Waals surface area contributed by atoms with Gasteiger partial charge in [0.25, 0.3) is 0 Å². The SMILES string of the molecule is Cc1ccc(C(C)n2c(=S)[nH]c3cc(F)c(Br)cc32)cc1. The van der Waals surface area contributed by atoms with Crippen LogP contribution in [0, 0.1) is 17.5 Å². The van der Waals surface area contributed by atoms with Crippen molar-refractivity contribution in [3.05, 3.63) is 62.6 Å². The molecule has 0 saturated heterocycles. The molecule has 1 aromatic heterocycles. The van der Waals surface area contributed by atoms with E-state index in [0.717, 1.165) is 11.1 Å². The lowest BCUT2D eigenvalue weighted by atomic mass is 10.1. The number of aromatic amines is 1. The molecule has 0 amide bonds. The first-order valence-electron chi connectivity index (χ1n) is 6.63. The van der Waals surface area contributed by atoms with E-state index in [9.17, 15) is 4.39 Å². The molecule has 1 N–H and O–H groups in total. The van der Waals surface area contributed by atoms with Crippen LogP contribution in [0.1, 0.15) is 24.1 Å². The number of fused-ring (bicyclic) bond motifs is 1. The Balaban J connectivity index is 2.19. The maximum Gasteiger partial charge on any atom is 0.178 e. The summed E-state index contributed by atoms with van der Waals surface area (Å²) >= 11 is 8.65. The number of hydrogen-bond donors (Lipinski definition) is 1. The highest BCUT2D eigenvalue weighted by atomic mass is 79.9. The number of rotatable bonds is 2. The third-order valence-corrected chi connectivity index (χ3v) is 4.61. The van der Waals surface area contributed by atoms with Gasteiger partial charge in [-0.1, -0.05) is 29.8 Å². The Morgan fingerprint density at radius 3 is 2.57 bits per heavy atom. The zero-order valence-corrected chi connectivity index (χ0v) is 14.1. The van der Waals surface area contributed by atoms with Crippen LogP contribution in [-0.2, 0) is 0 Å². The molecule has 0 aliphatic rings. The van der Waals surface area contributed by atoms with Gasteiger partial charge in [0.1, 0.15) is 5.82 Å². The number of nitrogens with zero attached hydrogens (tertiary/aromatic N) is 1. The van der Waals surface area contributed by atoms with Crippen LogP contribution in [0.4, 0.5) is 4.39 Å². The average Bonchev–Trinajstić information content (AvgIpc) is 2.75. The van der Waals surface area contributed by atoms with Crippen molar-refractivity contribution in [2.24, 2.45) is 0 Å². The Kier molecular flexibility index (Phi) is 3.71. The number of aromatic nitrogens is 2. The van der Waals surface area contributed by atoms with Gasteiger partial charge in [-0.3, -0.25) is 0 Å². The fraction of sp³-hybridized carbons (Fsp3) is 0.188. The van der Waals surface area contributed by atoms with Crippen molar-refractivity contribution in [1.82, 2.24) is 9.55 Å². The van der Waals surface area contributed by atoms with Gasteiger partial charge in [0, 0.05) is 6.07 Å². The van der Waals surface area contributed by atoms with E-state index in [0.29, 0.717) is 14.8 Å². The quantitative estimate of drug-likeness (QED) is 0.593. The smallest absolute Gasteiger partial charge is 0.178 e. The van der Waals surface area contributed by atoms with Crippen LogP contribution < -0.4 is 0 Å². The van der Waals surface area contributed by atoms with Crippen molar-refractivity contribution < 1.29 is 4.39 Å². The fourth-order valence-corrected chi connectivity index (χ4v) is 3.20. The first-order valence-corrected chi connectivity index (χ1v) is 7.83. The lowest BCUT2D eigenvalue weighted by Crippen LogP contribution is -2.06. The Morgan fingerprint density at radius 2 is 1.90 bits per heavy atom. The van der Waals surface area contributed by atoms with Crippen LogP contribution in [-0.4, -0.2) is 9.55 Å². The van der Waals surface area contributed by atoms with Gasteiger partial charge in [-0.15, -0.1) is 0 Å². The molecule has 3 aromatic rings. The largest absolute Gasteiger partial charge is 0.330 e. The molecule has 0 fully saturated rings. The molecular formula is C16H14BrFN2S. The molecule has 0 aliphatic heterocycles. The van der Waals surface area contributed by atoms with Crippen LogP contribution in [0.3, 0.4) is 0 Å². The third-order valence-electron chi connectivity index (χ3n) is 3.71. The van der Waals surface area contributed by atoms with Crippen molar-refractivity contribution in [3.8, 4) is 0 Å². The minimum atomic E-state index is -0.297. The highest BCUT2D eigenvalue weighted by Crippen LogP contribution is 2.28. The molecule has 21 heavy (non-hydrogen) atoms. The molecule has 0 saturated carbocycles. The van der Waals surface area contributed by atoms with E-state index >= 15 is 0 Å². The minimum absolute atomic E-state index is 0.0733. The molecule has 1 unspecified atom stereocenters. The number of halogens is 2. The van der Waals surface area contributed by atoms with E-state index in [-0.39, 0.29) is 11.9 Å². The van der Waals surface area contributed by atoms with Gasteiger partial charge >= 0.3 is 0 Å². The van der Waals surface area contributed by atoms with Crippen molar-refractivity contribution in [1.29, 1.82) is 0 Å². The Hall–Kier alpha value is -1.46. The summed E-state index contributed by atoms with van der Waals surface area (Å²) in [5, 5.41) is 0. The van der Waals surface area contributed by atoms with E-state index in [1.807, 2.05) is 4.57 Å². The monoisotopic (exact) mass is 364 g/mol. The maximum atomic E-state index is 13.6. The summed E-state index contributed by atoms with van der Waals surface area (Å²) in [6, 6.07) is 11.7. The second kappa shape index (κ2) is 5.39. The maximum absolute atomic E-state index is 13.6. The number of aryl methyl sites for hydroxylation is 1. The topological polar surface area (TPSA) is 20.7 Å². The molecule has 0 bridgehead atoms. The molecule has 5 heteroatoms. The number of nitrogens with one attached hydrogen (secondary N) is 1. The van der Waals surface area contributed by atoms with Gasteiger partial charge < -0.3 is 9.55 Å². The lowest BCUT2D eigenvalue weighted by molar-refractivity contribution is 0.621. The highest BCUT2D eigenvalue weighted by molar-refractivity contribution is 9.10. The average molecular weight is 365 g/mol. The lowest BCUT2D eigenvalue weighted by Gasteiger charge is -2.15. The van der Waals surface area contributed by atoms with Gasteiger partial charge in [0.2, 0.25) is 0 Å². The molecule has 2 nitrogen and oxygen atoms in total. The number of hydrogen-bond acceptors (Lipinski definition) is 1.